The number of anilines is 1. The Kier molecular flexibility index (Phi) is 6.02. The number of nitrogens with zero attached hydrogens (tertiary/aromatic N) is 1. The normalized spacial score (nSPS) is 11.7. The van der Waals surface area contributed by atoms with Crippen LogP contribution in [0, 0.1) is 0 Å². The Hall–Kier alpha value is -1.76. The zero-order chi connectivity index (χ0) is 16.0. The number of likely N-dealkylation sites (N-methyl/N-ethyl adjacent to an activating group) is 1. The van der Waals surface area contributed by atoms with Crippen molar-refractivity contribution in [1.82, 2.24) is 10.2 Å². The van der Waals surface area contributed by atoms with Gasteiger partial charge in [-0.2, -0.15) is 13.2 Å². The number of hydrogen-bond acceptors (Lipinski definition) is 3. The Labute approximate surface area is 122 Å². The van der Waals surface area contributed by atoms with E-state index in [0.29, 0.717) is 13.1 Å². The maximum absolute atomic E-state index is 12.6. The summed E-state index contributed by atoms with van der Waals surface area (Å²) in [5, 5.41) is 2.59. The van der Waals surface area contributed by atoms with Gasteiger partial charge < -0.3 is 16.0 Å². The molecule has 0 bridgehead atoms. The lowest BCUT2D eigenvalue weighted by molar-refractivity contribution is -0.137. The largest absolute Gasteiger partial charge is 0.416 e. The lowest BCUT2D eigenvalue weighted by Gasteiger charge is -2.18. The maximum atomic E-state index is 12.6. The number of carbonyl (C=O) groups is 1. The van der Waals surface area contributed by atoms with Gasteiger partial charge in [-0.05, 0) is 31.3 Å². The van der Waals surface area contributed by atoms with Gasteiger partial charge in [-0.1, -0.05) is 13.8 Å². The highest BCUT2D eigenvalue weighted by molar-refractivity contribution is 5.99. The number of nitrogens with one attached hydrogen (secondary N) is 1. The third kappa shape index (κ3) is 4.93. The van der Waals surface area contributed by atoms with Crippen molar-refractivity contribution in [2.24, 2.45) is 0 Å². The second kappa shape index (κ2) is 7.31. The van der Waals surface area contributed by atoms with Gasteiger partial charge in [-0.15, -0.1) is 0 Å². The molecule has 0 radical (unpaired) electrons. The summed E-state index contributed by atoms with van der Waals surface area (Å²) in [6, 6.07) is 2.74. The third-order valence-corrected chi connectivity index (χ3v) is 3.23. The Bertz CT molecular complexity index is 485. The summed E-state index contributed by atoms with van der Waals surface area (Å²) < 4.78 is 37.9. The first-order chi connectivity index (χ1) is 9.79. The van der Waals surface area contributed by atoms with Crippen LogP contribution in [0.15, 0.2) is 18.2 Å². The quantitative estimate of drug-likeness (QED) is 0.793. The molecule has 0 aliphatic heterocycles. The van der Waals surface area contributed by atoms with Gasteiger partial charge in [0.1, 0.15) is 0 Å². The van der Waals surface area contributed by atoms with E-state index >= 15 is 0 Å². The molecule has 0 saturated heterocycles. The molecule has 21 heavy (non-hydrogen) atoms. The highest BCUT2D eigenvalue weighted by Gasteiger charge is 2.31. The molecule has 7 heteroatoms. The fourth-order valence-corrected chi connectivity index (χ4v) is 1.89. The van der Waals surface area contributed by atoms with Crippen molar-refractivity contribution < 1.29 is 18.0 Å². The van der Waals surface area contributed by atoms with Crippen molar-refractivity contribution in [3.05, 3.63) is 29.3 Å². The first-order valence-electron chi connectivity index (χ1n) is 6.76. The van der Waals surface area contributed by atoms with Crippen molar-refractivity contribution in [3.8, 4) is 0 Å². The van der Waals surface area contributed by atoms with Crippen LogP contribution in [0.3, 0.4) is 0 Å². The number of halogens is 3. The Morgan fingerprint density at radius 1 is 1.29 bits per heavy atom. The second-order valence-electron chi connectivity index (χ2n) is 4.58. The molecule has 0 saturated carbocycles. The van der Waals surface area contributed by atoms with Gasteiger partial charge >= 0.3 is 6.18 Å². The van der Waals surface area contributed by atoms with E-state index in [1.165, 1.54) is 0 Å². The molecular formula is C14H20F3N3O. The highest BCUT2D eigenvalue weighted by Crippen LogP contribution is 2.31. The van der Waals surface area contributed by atoms with Crippen LogP contribution in [0.25, 0.3) is 0 Å². The van der Waals surface area contributed by atoms with E-state index in [4.69, 9.17) is 5.73 Å². The van der Waals surface area contributed by atoms with Crippen molar-refractivity contribution in [2.75, 3.05) is 31.9 Å². The Morgan fingerprint density at radius 2 is 1.90 bits per heavy atom. The van der Waals surface area contributed by atoms with Gasteiger partial charge in [-0.3, -0.25) is 4.79 Å². The molecule has 1 aromatic carbocycles. The highest BCUT2D eigenvalue weighted by atomic mass is 19.4. The molecule has 0 atom stereocenters. The standard InChI is InChI=1S/C14H20F3N3O/c1-3-20(4-2)8-7-19-13(21)11-9-10(14(15,16)17)5-6-12(11)18/h5-6,9H,3-4,7-8,18H2,1-2H3,(H,19,21). The average molecular weight is 303 g/mol. The van der Waals surface area contributed by atoms with Crippen LogP contribution >= 0.6 is 0 Å². The maximum Gasteiger partial charge on any atom is 0.416 e. The van der Waals surface area contributed by atoms with Crippen LogP contribution < -0.4 is 11.1 Å². The van der Waals surface area contributed by atoms with Gasteiger partial charge in [-0.25, -0.2) is 0 Å². The van der Waals surface area contributed by atoms with Crippen molar-refractivity contribution in [2.45, 2.75) is 20.0 Å². The summed E-state index contributed by atoms with van der Waals surface area (Å²) in [6.45, 7) is 6.68. The molecule has 0 heterocycles. The van der Waals surface area contributed by atoms with Crippen molar-refractivity contribution in [3.63, 3.8) is 0 Å². The van der Waals surface area contributed by atoms with Gasteiger partial charge in [0.25, 0.3) is 5.91 Å². The second-order valence-corrected chi connectivity index (χ2v) is 4.58. The number of amides is 1. The number of nitrogens with two attached hydrogens (primary N) is 1. The minimum absolute atomic E-state index is 0.0309. The van der Waals surface area contributed by atoms with Crippen molar-refractivity contribution >= 4 is 11.6 Å². The van der Waals surface area contributed by atoms with Crippen LogP contribution in [0.5, 0.6) is 0 Å². The lowest BCUT2D eigenvalue weighted by atomic mass is 10.1. The molecule has 0 fully saturated rings. The predicted octanol–water partition coefficient (Wildman–Crippen LogP) is 2.36. The summed E-state index contributed by atoms with van der Waals surface area (Å²) >= 11 is 0. The molecule has 0 spiro atoms. The molecular weight excluding hydrogens is 283 g/mol. The smallest absolute Gasteiger partial charge is 0.398 e. The number of alkyl halides is 3. The number of hydrogen-bond donors (Lipinski definition) is 2. The van der Waals surface area contributed by atoms with E-state index in [1.807, 2.05) is 13.8 Å². The minimum atomic E-state index is -4.50. The van der Waals surface area contributed by atoms with Gasteiger partial charge in [0, 0.05) is 18.8 Å². The van der Waals surface area contributed by atoms with Crippen LogP contribution in [0.1, 0.15) is 29.8 Å². The number of nitrogen functional groups attached to an aromatic ring is 1. The fraction of sp³-hybridized carbons (Fsp3) is 0.500. The number of rotatable bonds is 6. The van der Waals surface area contributed by atoms with E-state index in [9.17, 15) is 18.0 Å². The summed E-state index contributed by atoms with van der Waals surface area (Å²) in [5.74, 6) is -0.592. The summed E-state index contributed by atoms with van der Waals surface area (Å²) in [7, 11) is 0. The van der Waals surface area contributed by atoms with Crippen LogP contribution in [-0.2, 0) is 6.18 Å². The SMILES string of the molecule is CCN(CC)CCNC(=O)c1cc(C(F)(F)F)ccc1N. The lowest BCUT2D eigenvalue weighted by Crippen LogP contribution is -2.35. The van der Waals surface area contributed by atoms with Gasteiger partial charge in [0.2, 0.25) is 0 Å². The molecule has 0 aromatic heterocycles. The first-order valence-corrected chi connectivity index (χ1v) is 6.76. The van der Waals surface area contributed by atoms with E-state index in [0.717, 1.165) is 31.3 Å². The Morgan fingerprint density at radius 3 is 2.43 bits per heavy atom. The van der Waals surface area contributed by atoms with Crippen LogP contribution in [0.2, 0.25) is 0 Å². The molecule has 0 aliphatic carbocycles. The zero-order valence-corrected chi connectivity index (χ0v) is 12.1. The van der Waals surface area contributed by atoms with E-state index in [-0.39, 0.29) is 11.3 Å². The van der Waals surface area contributed by atoms with Gasteiger partial charge in [0.15, 0.2) is 0 Å². The zero-order valence-electron chi connectivity index (χ0n) is 12.1. The molecule has 0 aliphatic rings. The molecule has 1 rings (SSSR count). The number of benzene rings is 1. The summed E-state index contributed by atoms with van der Waals surface area (Å²) in [6.07, 6.45) is -4.50. The first kappa shape index (κ1) is 17.3. The van der Waals surface area contributed by atoms with Gasteiger partial charge in [0.05, 0.1) is 11.1 Å². The number of carbonyl (C=O) groups excluding carboxylic acids is 1. The average Bonchev–Trinajstić information content (AvgIpc) is 2.42. The molecule has 4 nitrogen and oxygen atoms in total. The molecule has 1 aromatic rings. The third-order valence-electron chi connectivity index (χ3n) is 3.23. The Balaban J connectivity index is 2.74. The topological polar surface area (TPSA) is 58.4 Å². The monoisotopic (exact) mass is 303 g/mol. The summed E-state index contributed by atoms with van der Waals surface area (Å²) in [5.41, 5.74) is 4.58. The summed E-state index contributed by atoms with van der Waals surface area (Å²) in [4.78, 5) is 14.0. The minimum Gasteiger partial charge on any atom is -0.398 e. The van der Waals surface area contributed by atoms with E-state index < -0.39 is 17.6 Å². The van der Waals surface area contributed by atoms with Crippen LogP contribution in [-0.4, -0.2) is 37.0 Å². The van der Waals surface area contributed by atoms with Crippen LogP contribution in [0.4, 0.5) is 18.9 Å². The molecule has 3 N–H and O–H groups in total. The van der Waals surface area contributed by atoms with E-state index in [2.05, 4.69) is 10.2 Å². The fourth-order valence-electron chi connectivity index (χ4n) is 1.89. The molecule has 0 unspecified atom stereocenters. The molecule has 118 valence electrons. The van der Waals surface area contributed by atoms with Crippen molar-refractivity contribution in [1.29, 1.82) is 0 Å². The predicted molar refractivity (Wildman–Crippen MR) is 76.0 cm³/mol. The van der Waals surface area contributed by atoms with E-state index in [1.54, 1.807) is 0 Å². The molecule has 1 amide bonds.